The summed E-state index contributed by atoms with van der Waals surface area (Å²) in [7, 11) is 0. The zero-order chi connectivity index (χ0) is 15.0. The number of thioether (sulfide) groups is 1. The Morgan fingerprint density at radius 3 is 2.71 bits per heavy atom. The third kappa shape index (κ3) is 2.56. The van der Waals surface area contributed by atoms with Crippen LogP contribution in [0.5, 0.6) is 0 Å². The van der Waals surface area contributed by atoms with Gasteiger partial charge in [-0.15, -0.1) is 0 Å². The van der Waals surface area contributed by atoms with Crippen LogP contribution < -0.4 is 0 Å². The van der Waals surface area contributed by atoms with Crippen LogP contribution in [0.25, 0.3) is 22.2 Å². The van der Waals surface area contributed by atoms with Crippen molar-refractivity contribution in [3.05, 3.63) is 47.2 Å². The van der Waals surface area contributed by atoms with Crippen molar-refractivity contribution in [2.75, 3.05) is 6.26 Å². The molecule has 0 N–H and O–H groups in total. The van der Waals surface area contributed by atoms with Crippen molar-refractivity contribution < 1.29 is 8.78 Å². The van der Waals surface area contributed by atoms with Gasteiger partial charge in [-0.2, -0.15) is 0 Å². The Labute approximate surface area is 128 Å². The molecule has 0 atom stereocenters. The molecule has 7 heteroatoms. The third-order valence-corrected chi connectivity index (χ3v) is 3.71. The first-order valence-corrected chi connectivity index (χ1v) is 7.52. The Bertz CT molecular complexity index is 842. The number of pyridine rings is 1. The van der Waals surface area contributed by atoms with E-state index in [0.717, 1.165) is 0 Å². The molecule has 2 heterocycles. The summed E-state index contributed by atoms with van der Waals surface area (Å²) >= 11 is 6.96. The summed E-state index contributed by atoms with van der Waals surface area (Å²) in [4.78, 5) is 12.2. The molecule has 0 aliphatic heterocycles. The second-order valence-corrected chi connectivity index (χ2v) is 5.33. The summed E-state index contributed by atoms with van der Waals surface area (Å²) < 4.78 is 27.5. The molecule has 1 aromatic carbocycles. The second-order valence-electron chi connectivity index (χ2n) is 4.19. The lowest BCUT2D eigenvalue weighted by molar-refractivity contribution is 0.628. The molecule has 0 fully saturated rings. The molecule has 0 aliphatic rings. The average Bonchev–Trinajstić information content (AvgIpc) is 2.50. The summed E-state index contributed by atoms with van der Waals surface area (Å²) in [5, 5.41) is 0.515. The van der Waals surface area contributed by atoms with E-state index in [1.54, 1.807) is 18.4 Å². The molecule has 2 aromatic heterocycles. The minimum atomic E-state index is -0.704. The lowest BCUT2D eigenvalue weighted by Crippen LogP contribution is -1.97. The number of rotatable bonds is 2. The minimum Gasteiger partial charge on any atom is -0.241 e. The van der Waals surface area contributed by atoms with Crippen LogP contribution in [-0.4, -0.2) is 21.2 Å². The van der Waals surface area contributed by atoms with Crippen LogP contribution in [0.3, 0.4) is 0 Å². The fraction of sp³-hybridized carbons (Fsp3) is 0.0714. The van der Waals surface area contributed by atoms with E-state index in [4.69, 9.17) is 11.6 Å². The molecule has 0 aliphatic carbocycles. The van der Waals surface area contributed by atoms with Crippen LogP contribution in [0.1, 0.15) is 0 Å². The first kappa shape index (κ1) is 14.2. The van der Waals surface area contributed by atoms with Crippen molar-refractivity contribution in [3.63, 3.8) is 0 Å². The summed E-state index contributed by atoms with van der Waals surface area (Å²) in [5.41, 5.74) is 1.03. The van der Waals surface area contributed by atoms with E-state index in [2.05, 4.69) is 15.0 Å². The van der Waals surface area contributed by atoms with Gasteiger partial charge in [0.1, 0.15) is 11.3 Å². The Hall–Kier alpha value is -1.79. The molecule has 0 amide bonds. The van der Waals surface area contributed by atoms with Crippen molar-refractivity contribution in [1.82, 2.24) is 15.0 Å². The molecule has 0 radical (unpaired) electrons. The standard InChI is InChI=1S/C14H8ClF2N3S/c1-21-14-19-11(7-3-2-4-8(16)5-7)9-6-18-13(15)10(17)12(9)20-14/h2-6H,1H3. The summed E-state index contributed by atoms with van der Waals surface area (Å²) in [6.07, 6.45) is 3.17. The lowest BCUT2D eigenvalue weighted by Gasteiger charge is -2.08. The Morgan fingerprint density at radius 1 is 1.19 bits per heavy atom. The van der Waals surface area contributed by atoms with Gasteiger partial charge in [-0.05, 0) is 18.4 Å². The smallest absolute Gasteiger partial charge is 0.188 e. The molecule has 3 aromatic rings. The molecule has 0 saturated carbocycles. The van der Waals surface area contributed by atoms with Crippen molar-refractivity contribution in [1.29, 1.82) is 0 Å². The fourth-order valence-corrected chi connectivity index (χ4v) is 2.46. The largest absolute Gasteiger partial charge is 0.241 e. The second kappa shape index (κ2) is 5.54. The van der Waals surface area contributed by atoms with Gasteiger partial charge in [-0.25, -0.2) is 23.7 Å². The summed E-state index contributed by atoms with van der Waals surface area (Å²) in [6.45, 7) is 0. The van der Waals surface area contributed by atoms with E-state index in [1.165, 1.54) is 30.1 Å². The summed E-state index contributed by atoms with van der Waals surface area (Å²) in [5.74, 6) is -1.10. The SMILES string of the molecule is CSc1nc(-c2cccc(F)c2)c2cnc(Cl)c(F)c2n1. The maximum Gasteiger partial charge on any atom is 0.188 e. The molecule has 0 bridgehead atoms. The van der Waals surface area contributed by atoms with Crippen LogP contribution >= 0.6 is 23.4 Å². The average molecular weight is 324 g/mol. The maximum atomic E-state index is 14.1. The highest BCUT2D eigenvalue weighted by atomic mass is 35.5. The van der Waals surface area contributed by atoms with Crippen LogP contribution in [0.15, 0.2) is 35.6 Å². The van der Waals surface area contributed by atoms with Crippen LogP contribution in [0.2, 0.25) is 5.15 Å². The van der Waals surface area contributed by atoms with Crippen molar-refractivity contribution >= 4 is 34.3 Å². The predicted octanol–water partition coefficient (Wildman–Crippen LogP) is 4.35. The Kier molecular flexibility index (Phi) is 3.73. The van der Waals surface area contributed by atoms with Crippen LogP contribution in [0, 0.1) is 11.6 Å². The lowest BCUT2D eigenvalue weighted by atomic mass is 10.1. The highest BCUT2D eigenvalue weighted by Crippen LogP contribution is 2.31. The van der Waals surface area contributed by atoms with Gasteiger partial charge in [0.2, 0.25) is 0 Å². The first-order valence-electron chi connectivity index (χ1n) is 5.92. The number of hydrogen-bond donors (Lipinski definition) is 0. The van der Waals surface area contributed by atoms with Gasteiger partial charge < -0.3 is 0 Å². The molecule has 3 rings (SSSR count). The zero-order valence-corrected chi connectivity index (χ0v) is 12.3. The van der Waals surface area contributed by atoms with E-state index >= 15 is 0 Å². The molecule has 0 saturated heterocycles. The summed E-state index contributed by atoms with van der Waals surface area (Å²) in [6, 6.07) is 5.93. The van der Waals surface area contributed by atoms with E-state index in [-0.39, 0.29) is 10.7 Å². The van der Waals surface area contributed by atoms with E-state index < -0.39 is 11.6 Å². The molecule has 0 unspecified atom stereocenters. The quantitative estimate of drug-likeness (QED) is 0.399. The van der Waals surface area contributed by atoms with Gasteiger partial charge in [0, 0.05) is 17.1 Å². The molecular formula is C14H8ClF2N3S. The number of hydrogen-bond acceptors (Lipinski definition) is 4. The first-order chi connectivity index (χ1) is 10.1. The number of aromatic nitrogens is 3. The minimum absolute atomic E-state index is 0.0774. The van der Waals surface area contributed by atoms with E-state index in [0.29, 0.717) is 21.8 Å². The Balaban J connectivity index is 2.38. The third-order valence-electron chi connectivity index (χ3n) is 2.90. The van der Waals surface area contributed by atoms with Crippen molar-refractivity contribution in [3.8, 4) is 11.3 Å². The van der Waals surface area contributed by atoms with Crippen molar-refractivity contribution in [2.45, 2.75) is 5.16 Å². The van der Waals surface area contributed by atoms with E-state index in [1.807, 2.05) is 0 Å². The molecule has 21 heavy (non-hydrogen) atoms. The van der Waals surface area contributed by atoms with Gasteiger partial charge in [0.25, 0.3) is 0 Å². The zero-order valence-electron chi connectivity index (χ0n) is 10.8. The number of halogens is 3. The highest BCUT2D eigenvalue weighted by molar-refractivity contribution is 7.98. The molecular weight excluding hydrogens is 316 g/mol. The van der Waals surface area contributed by atoms with Gasteiger partial charge >= 0.3 is 0 Å². The van der Waals surface area contributed by atoms with Crippen LogP contribution in [0.4, 0.5) is 8.78 Å². The Morgan fingerprint density at radius 2 is 2.00 bits per heavy atom. The normalized spacial score (nSPS) is 11.0. The fourth-order valence-electron chi connectivity index (χ4n) is 1.96. The predicted molar refractivity (Wildman–Crippen MR) is 79.5 cm³/mol. The number of benzene rings is 1. The van der Waals surface area contributed by atoms with Gasteiger partial charge in [-0.1, -0.05) is 35.5 Å². The highest BCUT2D eigenvalue weighted by Gasteiger charge is 2.16. The van der Waals surface area contributed by atoms with Gasteiger partial charge in [0.05, 0.1) is 5.69 Å². The molecule has 0 spiro atoms. The van der Waals surface area contributed by atoms with Crippen molar-refractivity contribution in [2.24, 2.45) is 0 Å². The van der Waals surface area contributed by atoms with Gasteiger partial charge in [0.15, 0.2) is 16.1 Å². The molecule has 3 nitrogen and oxygen atoms in total. The molecule has 106 valence electrons. The van der Waals surface area contributed by atoms with Gasteiger partial charge in [-0.3, -0.25) is 0 Å². The monoisotopic (exact) mass is 323 g/mol. The number of nitrogens with zero attached hydrogens (tertiary/aromatic N) is 3. The topological polar surface area (TPSA) is 38.7 Å². The number of fused-ring (bicyclic) bond motifs is 1. The van der Waals surface area contributed by atoms with Crippen LogP contribution in [-0.2, 0) is 0 Å². The van der Waals surface area contributed by atoms with E-state index in [9.17, 15) is 8.78 Å². The maximum absolute atomic E-state index is 14.1.